The first-order valence-electron chi connectivity index (χ1n) is 8.25. The van der Waals surface area contributed by atoms with E-state index in [0.29, 0.717) is 10.7 Å². The molecule has 0 aromatic heterocycles. The van der Waals surface area contributed by atoms with E-state index in [-0.39, 0.29) is 18.2 Å². The maximum Gasteiger partial charge on any atom is 0.247 e. The van der Waals surface area contributed by atoms with Crippen LogP contribution in [0, 0.1) is 0 Å². The van der Waals surface area contributed by atoms with Gasteiger partial charge in [0.05, 0.1) is 22.8 Å². The lowest BCUT2D eigenvalue weighted by molar-refractivity contribution is -0.121. The number of rotatable bonds is 3. The van der Waals surface area contributed by atoms with Crippen molar-refractivity contribution < 1.29 is 9.59 Å². The summed E-state index contributed by atoms with van der Waals surface area (Å²) >= 11 is 6.07. The van der Waals surface area contributed by atoms with E-state index < -0.39 is 6.04 Å². The Labute approximate surface area is 155 Å². The molecule has 0 saturated heterocycles. The fourth-order valence-corrected chi connectivity index (χ4v) is 3.31. The van der Waals surface area contributed by atoms with E-state index in [1.54, 1.807) is 24.3 Å². The predicted octanol–water partition coefficient (Wildman–Crippen LogP) is 4.25. The predicted molar refractivity (Wildman–Crippen MR) is 105 cm³/mol. The minimum Gasteiger partial charge on any atom is -0.373 e. The number of hydrogen-bond acceptors (Lipinski definition) is 3. The molecule has 0 unspecified atom stereocenters. The number of anilines is 3. The van der Waals surface area contributed by atoms with Gasteiger partial charge in [-0.2, -0.15) is 0 Å². The highest BCUT2D eigenvalue weighted by Crippen LogP contribution is 2.33. The molecule has 0 bridgehead atoms. The molecule has 26 heavy (non-hydrogen) atoms. The minimum atomic E-state index is -0.685. The van der Waals surface area contributed by atoms with Crippen LogP contribution in [0.1, 0.15) is 6.42 Å². The van der Waals surface area contributed by atoms with Gasteiger partial charge in [-0.15, -0.1) is 0 Å². The van der Waals surface area contributed by atoms with E-state index in [0.717, 1.165) is 22.1 Å². The summed E-state index contributed by atoms with van der Waals surface area (Å²) in [6.07, 6.45) is -0.0125. The lowest BCUT2D eigenvalue weighted by atomic mass is 10.1. The molecular weight excluding hydrogens is 350 g/mol. The van der Waals surface area contributed by atoms with Crippen LogP contribution in [-0.4, -0.2) is 17.9 Å². The topological polar surface area (TPSA) is 70.2 Å². The van der Waals surface area contributed by atoms with E-state index in [2.05, 4.69) is 16.0 Å². The van der Waals surface area contributed by atoms with E-state index in [1.165, 1.54) is 0 Å². The van der Waals surface area contributed by atoms with E-state index >= 15 is 0 Å². The van der Waals surface area contributed by atoms with Crippen LogP contribution in [0.25, 0.3) is 10.8 Å². The Hall–Kier alpha value is -3.05. The molecule has 3 aromatic rings. The third-order valence-corrected chi connectivity index (χ3v) is 4.68. The molecule has 2 amide bonds. The Morgan fingerprint density at radius 3 is 2.50 bits per heavy atom. The molecule has 1 aliphatic heterocycles. The zero-order chi connectivity index (χ0) is 18.1. The molecule has 4 rings (SSSR count). The number of para-hydroxylation sites is 1. The maximum atomic E-state index is 12.6. The Morgan fingerprint density at radius 1 is 1.00 bits per heavy atom. The lowest BCUT2D eigenvalue weighted by Gasteiger charge is -2.16. The quantitative estimate of drug-likeness (QED) is 0.649. The van der Waals surface area contributed by atoms with E-state index in [9.17, 15) is 9.59 Å². The zero-order valence-electron chi connectivity index (χ0n) is 13.8. The van der Waals surface area contributed by atoms with Gasteiger partial charge >= 0.3 is 0 Å². The first-order valence-corrected chi connectivity index (χ1v) is 8.63. The highest BCUT2D eigenvalue weighted by Gasteiger charge is 2.26. The first-order chi connectivity index (χ1) is 12.6. The minimum absolute atomic E-state index is 0.0125. The fraction of sp³-hybridized carbons (Fsp3) is 0.100. The molecule has 0 aliphatic carbocycles. The number of amides is 2. The monoisotopic (exact) mass is 365 g/mol. The van der Waals surface area contributed by atoms with E-state index in [4.69, 9.17) is 11.6 Å². The van der Waals surface area contributed by atoms with Gasteiger partial charge in [0.2, 0.25) is 11.8 Å². The van der Waals surface area contributed by atoms with E-state index in [1.807, 2.05) is 36.4 Å². The standard InChI is InChI=1S/C20H16ClN3O2/c21-13-7-1-2-8-14(13)23-18(25)11-17-20(26)24-16-10-4-6-12-5-3-9-15(22-17)19(12)16/h1-10,17,22H,11H2,(H,23,25)(H,24,26)/t17-/m1/s1. The fourth-order valence-electron chi connectivity index (χ4n) is 3.13. The highest BCUT2D eigenvalue weighted by atomic mass is 35.5. The Bertz CT molecular complexity index is 1010. The van der Waals surface area contributed by atoms with Crippen molar-refractivity contribution in [3.8, 4) is 0 Å². The first kappa shape index (κ1) is 16.4. The number of carbonyl (C=O) groups is 2. The van der Waals surface area contributed by atoms with Crippen LogP contribution >= 0.6 is 11.6 Å². The molecule has 0 spiro atoms. The van der Waals surface area contributed by atoms with Crippen LogP contribution in [0.2, 0.25) is 5.02 Å². The Kier molecular flexibility index (Phi) is 4.22. The van der Waals surface area contributed by atoms with Crippen molar-refractivity contribution in [1.82, 2.24) is 0 Å². The van der Waals surface area contributed by atoms with Gasteiger partial charge < -0.3 is 16.0 Å². The second-order valence-corrected chi connectivity index (χ2v) is 6.53. The summed E-state index contributed by atoms with van der Waals surface area (Å²) < 4.78 is 0. The van der Waals surface area contributed by atoms with Crippen molar-refractivity contribution in [2.45, 2.75) is 12.5 Å². The number of halogens is 1. The highest BCUT2D eigenvalue weighted by molar-refractivity contribution is 6.33. The lowest BCUT2D eigenvalue weighted by Crippen LogP contribution is -2.36. The normalized spacial score (nSPS) is 15.7. The molecule has 1 heterocycles. The molecule has 6 heteroatoms. The van der Waals surface area contributed by atoms with Crippen molar-refractivity contribution in [3.05, 3.63) is 65.7 Å². The van der Waals surface area contributed by atoms with Gasteiger partial charge in [0.15, 0.2) is 0 Å². The molecule has 0 saturated carbocycles. The van der Waals surface area contributed by atoms with Gasteiger partial charge in [-0.25, -0.2) is 0 Å². The summed E-state index contributed by atoms with van der Waals surface area (Å²) in [5.41, 5.74) is 2.09. The summed E-state index contributed by atoms with van der Waals surface area (Å²) in [5.74, 6) is -0.535. The molecule has 5 nitrogen and oxygen atoms in total. The van der Waals surface area contributed by atoms with Gasteiger partial charge in [0.25, 0.3) is 0 Å². The second kappa shape index (κ2) is 6.69. The molecule has 3 N–H and O–H groups in total. The molecule has 0 radical (unpaired) electrons. The van der Waals surface area contributed by atoms with Crippen molar-refractivity contribution >= 4 is 51.2 Å². The summed E-state index contributed by atoms with van der Waals surface area (Å²) in [6, 6.07) is 17.9. The van der Waals surface area contributed by atoms with Crippen molar-refractivity contribution in [3.63, 3.8) is 0 Å². The Balaban J connectivity index is 1.57. The molecule has 1 atom stereocenters. The van der Waals surface area contributed by atoms with Gasteiger partial charge in [-0.3, -0.25) is 9.59 Å². The number of benzene rings is 3. The van der Waals surface area contributed by atoms with Crippen LogP contribution in [0.15, 0.2) is 60.7 Å². The summed E-state index contributed by atoms with van der Waals surface area (Å²) in [5, 5.41) is 11.3. The molecule has 130 valence electrons. The number of carbonyl (C=O) groups excluding carboxylic acids is 2. The average Bonchev–Trinajstić information content (AvgIpc) is 2.76. The van der Waals surface area contributed by atoms with Crippen molar-refractivity contribution in [1.29, 1.82) is 0 Å². The van der Waals surface area contributed by atoms with Crippen LogP contribution in [0.4, 0.5) is 17.1 Å². The zero-order valence-corrected chi connectivity index (χ0v) is 14.5. The van der Waals surface area contributed by atoms with Crippen molar-refractivity contribution in [2.75, 3.05) is 16.0 Å². The van der Waals surface area contributed by atoms with Crippen LogP contribution in [0.3, 0.4) is 0 Å². The van der Waals surface area contributed by atoms with Crippen molar-refractivity contribution in [2.24, 2.45) is 0 Å². The summed E-state index contributed by atoms with van der Waals surface area (Å²) in [7, 11) is 0. The van der Waals surface area contributed by atoms with Gasteiger partial charge in [0.1, 0.15) is 6.04 Å². The van der Waals surface area contributed by atoms with Crippen LogP contribution in [-0.2, 0) is 9.59 Å². The molecule has 0 fully saturated rings. The average molecular weight is 366 g/mol. The second-order valence-electron chi connectivity index (χ2n) is 6.13. The smallest absolute Gasteiger partial charge is 0.247 e. The summed E-state index contributed by atoms with van der Waals surface area (Å²) in [4.78, 5) is 25.0. The number of nitrogens with one attached hydrogen (secondary N) is 3. The van der Waals surface area contributed by atoms with Gasteiger partial charge in [0, 0.05) is 11.1 Å². The maximum absolute atomic E-state index is 12.6. The third kappa shape index (κ3) is 3.09. The Morgan fingerprint density at radius 2 is 1.73 bits per heavy atom. The number of hydrogen-bond donors (Lipinski definition) is 3. The van der Waals surface area contributed by atoms with Gasteiger partial charge in [-0.1, -0.05) is 48.0 Å². The summed E-state index contributed by atoms with van der Waals surface area (Å²) in [6.45, 7) is 0. The molecule has 3 aromatic carbocycles. The largest absolute Gasteiger partial charge is 0.373 e. The van der Waals surface area contributed by atoms with Crippen LogP contribution < -0.4 is 16.0 Å². The van der Waals surface area contributed by atoms with Crippen LogP contribution in [0.5, 0.6) is 0 Å². The SMILES string of the molecule is O=C(C[C@H]1Nc2cccc3cccc(c23)NC1=O)Nc1ccccc1Cl. The third-order valence-electron chi connectivity index (χ3n) is 4.35. The van der Waals surface area contributed by atoms with Gasteiger partial charge in [-0.05, 0) is 29.7 Å². The molecule has 1 aliphatic rings. The molecular formula is C20H16ClN3O2.